The molecule has 1 aromatic carbocycles. The fraction of sp³-hybridized carbons (Fsp3) is 0.462. The standard InChI is InChI=1S/C9H11FN2O.C4H7F3/c1-5-3-6(11)4-7(10)8(5)9(13)12-2;1-2-3-4(5,6)7/h3-4H,11H2,1-2H3,(H,12,13);2-3H2,1H3. The Morgan fingerprint density at radius 1 is 1.35 bits per heavy atom. The molecule has 3 nitrogen and oxygen atoms in total. The van der Waals surface area contributed by atoms with Crippen LogP contribution < -0.4 is 11.1 Å². The summed E-state index contributed by atoms with van der Waals surface area (Å²) in [6.07, 6.45) is -4.43. The minimum absolute atomic E-state index is 0.0525. The van der Waals surface area contributed by atoms with Gasteiger partial charge in [0.05, 0.1) is 5.56 Å². The number of anilines is 1. The number of aryl methyl sites for hydroxylation is 1. The monoisotopic (exact) mass is 294 g/mol. The van der Waals surface area contributed by atoms with E-state index >= 15 is 0 Å². The lowest BCUT2D eigenvalue weighted by molar-refractivity contribution is -0.134. The van der Waals surface area contributed by atoms with E-state index < -0.39 is 24.3 Å². The van der Waals surface area contributed by atoms with E-state index in [1.807, 2.05) is 0 Å². The predicted octanol–water partition coefficient (Wildman–Crippen LogP) is 3.42. The normalized spacial score (nSPS) is 10.6. The Hall–Kier alpha value is -1.79. The lowest BCUT2D eigenvalue weighted by Crippen LogP contribution is -2.20. The third-order valence-corrected chi connectivity index (χ3v) is 2.30. The molecule has 0 atom stereocenters. The Morgan fingerprint density at radius 2 is 1.90 bits per heavy atom. The van der Waals surface area contributed by atoms with Crippen LogP contribution in [0.5, 0.6) is 0 Å². The second-order valence-corrected chi connectivity index (χ2v) is 4.14. The number of carbonyl (C=O) groups excluding carboxylic acids is 1. The van der Waals surface area contributed by atoms with Crippen molar-refractivity contribution in [3.8, 4) is 0 Å². The first kappa shape index (κ1) is 18.2. The average molecular weight is 294 g/mol. The molecule has 20 heavy (non-hydrogen) atoms. The van der Waals surface area contributed by atoms with Gasteiger partial charge < -0.3 is 11.1 Å². The van der Waals surface area contributed by atoms with Gasteiger partial charge in [-0.05, 0) is 31.0 Å². The van der Waals surface area contributed by atoms with Crippen molar-refractivity contribution in [2.75, 3.05) is 12.8 Å². The van der Waals surface area contributed by atoms with E-state index in [-0.39, 0.29) is 12.0 Å². The molecule has 1 aromatic rings. The summed E-state index contributed by atoms with van der Waals surface area (Å²) >= 11 is 0. The van der Waals surface area contributed by atoms with E-state index in [1.54, 1.807) is 13.0 Å². The van der Waals surface area contributed by atoms with E-state index in [2.05, 4.69) is 5.32 Å². The summed E-state index contributed by atoms with van der Waals surface area (Å²) in [4.78, 5) is 11.2. The van der Waals surface area contributed by atoms with E-state index in [9.17, 15) is 22.4 Å². The first-order valence-electron chi connectivity index (χ1n) is 5.96. The summed E-state index contributed by atoms with van der Waals surface area (Å²) < 4.78 is 46.4. The maximum absolute atomic E-state index is 13.2. The van der Waals surface area contributed by atoms with Crippen LogP contribution in [0, 0.1) is 12.7 Å². The van der Waals surface area contributed by atoms with Gasteiger partial charge in [-0.25, -0.2) is 4.39 Å². The lowest BCUT2D eigenvalue weighted by atomic mass is 10.1. The number of nitrogens with two attached hydrogens (primary N) is 1. The first-order valence-corrected chi connectivity index (χ1v) is 5.96. The third kappa shape index (κ3) is 6.40. The molecule has 114 valence electrons. The van der Waals surface area contributed by atoms with Gasteiger partial charge in [-0.3, -0.25) is 4.79 Å². The highest BCUT2D eigenvalue weighted by molar-refractivity contribution is 5.96. The molecule has 0 saturated carbocycles. The molecule has 0 fully saturated rings. The van der Waals surface area contributed by atoms with Crippen molar-refractivity contribution >= 4 is 11.6 Å². The molecule has 0 heterocycles. The molecule has 0 saturated heterocycles. The molecule has 0 aliphatic carbocycles. The Morgan fingerprint density at radius 3 is 2.20 bits per heavy atom. The number of amides is 1. The van der Waals surface area contributed by atoms with Gasteiger partial charge in [-0.2, -0.15) is 13.2 Å². The number of hydrogen-bond acceptors (Lipinski definition) is 2. The Bertz CT molecular complexity index is 435. The van der Waals surface area contributed by atoms with E-state index in [0.717, 1.165) is 6.07 Å². The maximum atomic E-state index is 13.2. The second-order valence-electron chi connectivity index (χ2n) is 4.14. The van der Waals surface area contributed by atoms with Crippen LogP contribution in [-0.2, 0) is 0 Å². The van der Waals surface area contributed by atoms with Gasteiger partial charge in [0.2, 0.25) is 0 Å². The maximum Gasteiger partial charge on any atom is 0.389 e. The van der Waals surface area contributed by atoms with Crippen molar-refractivity contribution in [1.29, 1.82) is 0 Å². The second kappa shape index (κ2) is 7.72. The van der Waals surface area contributed by atoms with Crippen molar-refractivity contribution in [2.24, 2.45) is 0 Å². The molecule has 0 spiro atoms. The van der Waals surface area contributed by atoms with Crippen LogP contribution in [0.2, 0.25) is 0 Å². The molecule has 0 aliphatic rings. The van der Waals surface area contributed by atoms with Crippen LogP contribution in [0.15, 0.2) is 12.1 Å². The average Bonchev–Trinajstić information content (AvgIpc) is 2.26. The fourth-order valence-electron chi connectivity index (χ4n) is 1.47. The number of rotatable bonds is 2. The van der Waals surface area contributed by atoms with Crippen LogP contribution >= 0.6 is 0 Å². The molecular formula is C13H18F4N2O. The summed E-state index contributed by atoms with van der Waals surface area (Å²) in [7, 11) is 1.46. The molecule has 0 aromatic heterocycles. The predicted molar refractivity (Wildman–Crippen MR) is 69.9 cm³/mol. The molecule has 7 heteroatoms. The highest BCUT2D eigenvalue weighted by atomic mass is 19.4. The van der Waals surface area contributed by atoms with Gasteiger partial charge in [-0.1, -0.05) is 6.92 Å². The number of alkyl halides is 3. The third-order valence-electron chi connectivity index (χ3n) is 2.30. The van der Waals surface area contributed by atoms with E-state index in [4.69, 9.17) is 5.73 Å². The van der Waals surface area contributed by atoms with Gasteiger partial charge in [0.1, 0.15) is 5.82 Å². The van der Waals surface area contributed by atoms with Gasteiger partial charge in [0.25, 0.3) is 5.91 Å². The minimum Gasteiger partial charge on any atom is -0.399 e. The van der Waals surface area contributed by atoms with Crippen molar-refractivity contribution in [2.45, 2.75) is 32.9 Å². The highest BCUT2D eigenvalue weighted by Gasteiger charge is 2.24. The van der Waals surface area contributed by atoms with Crippen LogP contribution in [0.1, 0.15) is 35.7 Å². The molecule has 0 aliphatic heterocycles. The molecule has 0 bridgehead atoms. The quantitative estimate of drug-likeness (QED) is 0.648. The smallest absolute Gasteiger partial charge is 0.389 e. The topological polar surface area (TPSA) is 55.1 Å². The molecule has 1 rings (SSSR count). The van der Waals surface area contributed by atoms with Crippen LogP contribution in [0.4, 0.5) is 23.2 Å². The number of nitrogens with one attached hydrogen (secondary N) is 1. The Labute approximate surface area is 115 Å². The molecule has 0 unspecified atom stereocenters. The summed E-state index contributed by atoms with van der Waals surface area (Å²) in [5, 5.41) is 2.36. The number of carbonyl (C=O) groups is 1. The summed E-state index contributed by atoms with van der Waals surface area (Å²) in [5.41, 5.74) is 6.31. The molecule has 1 amide bonds. The summed E-state index contributed by atoms with van der Waals surface area (Å²) in [5.74, 6) is -1.02. The summed E-state index contributed by atoms with van der Waals surface area (Å²) in [6.45, 7) is 3.15. The molecule has 3 N–H and O–H groups in total. The van der Waals surface area contributed by atoms with Crippen molar-refractivity contribution < 1.29 is 22.4 Å². The van der Waals surface area contributed by atoms with Gasteiger partial charge in [0.15, 0.2) is 0 Å². The first-order chi connectivity index (χ1) is 9.12. The van der Waals surface area contributed by atoms with Crippen LogP contribution in [0.3, 0.4) is 0 Å². The lowest BCUT2D eigenvalue weighted by Gasteiger charge is -2.06. The molecule has 0 radical (unpaired) electrons. The minimum atomic E-state index is -3.95. The zero-order chi connectivity index (χ0) is 15.9. The van der Waals surface area contributed by atoms with Gasteiger partial charge in [0, 0.05) is 19.2 Å². The number of nitrogen functional groups attached to an aromatic ring is 1. The zero-order valence-electron chi connectivity index (χ0n) is 11.6. The fourth-order valence-corrected chi connectivity index (χ4v) is 1.47. The van der Waals surface area contributed by atoms with Gasteiger partial charge >= 0.3 is 6.18 Å². The Balaban J connectivity index is 0.000000441. The van der Waals surface area contributed by atoms with Crippen molar-refractivity contribution in [3.05, 3.63) is 29.1 Å². The Kier molecular flexibility index (Phi) is 7.02. The van der Waals surface area contributed by atoms with Crippen LogP contribution in [-0.4, -0.2) is 19.1 Å². The summed E-state index contributed by atoms with van der Waals surface area (Å²) in [6, 6.07) is 2.70. The van der Waals surface area contributed by atoms with Crippen molar-refractivity contribution in [1.82, 2.24) is 5.32 Å². The molecular weight excluding hydrogens is 276 g/mol. The number of hydrogen-bond donors (Lipinski definition) is 2. The van der Waals surface area contributed by atoms with E-state index in [1.165, 1.54) is 14.0 Å². The zero-order valence-corrected chi connectivity index (χ0v) is 11.6. The largest absolute Gasteiger partial charge is 0.399 e. The van der Waals surface area contributed by atoms with E-state index in [0.29, 0.717) is 11.3 Å². The number of halogens is 4. The van der Waals surface area contributed by atoms with Crippen molar-refractivity contribution in [3.63, 3.8) is 0 Å². The highest BCUT2D eigenvalue weighted by Crippen LogP contribution is 2.20. The van der Waals surface area contributed by atoms with Gasteiger partial charge in [-0.15, -0.1) is 0 Å². The van der Waals surface area contributed by atoms with Crippen LogP contribution in [0.25, 0.3) is 0 Å². The number of benzene rings is 1. The SMILES string of the molecule is CCCC(F)(F)F.CNC(=O)c1c(C)cc(N)cc1F.